The van der Waals surface area contributed by atoms with Gasteiger partial charge < -0.3 is 15.4 Å². The molecule has 0 unspecified atom stereocenters. The minimum atomic E-state index is -0.0435. The van der Waals surface area contributed by atoms with Crippen molar-refractivity contribution in [2.75, 3.05) is 25.1 Å². The lowest BCUT2D eigenvalue weighted by atomic mass is 9.88. The molecule has 1 aliphatic rings. The minimum absolute atomic E-state index is 0.0435. The van der Waals surface area contributed by atoms with Gasteiger partial charge in [0.1, 0.15) is 12.1 Å². The molecule has 1 fully saturated rings. The first-order chi connectivity index (χ1) is 7.17. The Morgan fingerprint density at radius 3 is 2.87 bits per heavy atom. The molecule has 0 atom stereocenters. The predicted molar refractivity (Wildman–Crippen MR) is 58.0 cm³/mol. The minimum Gasteiger partial charge on any atom is -0.481 e. The number of ether oxygens (including phenoxy) is 1. The van der Waals surface area contributed by atoms with Crippen LogP contribution in [0.15, 0.2) is 12.4 Å². The molecule has 0 amide bonds. The summed E-state index contributed by atoms with van der Waals surface area (Å²) in [6, 6.07) is 1.83. The summed E-state index contributed by atoms with van der Waals surface area (Å²) in [6.45, 7) is 3.81. The lowest BCUT2D eigenvalue weighted by molar-refractivity contribution is 0.319. The summed E-state index contributed by atoms with van der Waals surface area (Å²) >= 11 is 0. The van der Waals surface area contributed by atoms with Crippen LogP contribution in [0.1, 0.15) is 13.3 Å². The number of hydrogen-bond acceptors (Lipinski definition) is 5. The second-order valence-corrected chi connectivity index (χ2v) is 3.99. The predicted octanol–water partition coefficient (Wildman–Crippen LogP) is 0.413. The van der Waals surface area contributed by atoms with Gasteiger partial charge in [-0.3, -0.25) is 0 Å². The molecule has 1 saturated heterocycles. The molecule has 2 rings (SSSR count). The van der Waals surface area contributed by atoms with E-state index in [0.717, 1.165) is 25.3 Å². The highest BCUT2D eigenvalue weighted by atomic mass is 16.5. The maximum Gasteiger partial charge on any atom is 0.218 e. The molecule has 0 spiro atoms. The number of aromatic nitrogens is 2. The summed E-state index contributed by atoms with van der Waals surface area (Å²) in [7, 11) is 1.60. The average Bonchev–Trinajstić information content (AvgIpc) is 2.25. The van der Waals surface area contributed by atoms with Gasteiger partial charge in [0, 0.05) is 19.2 Å². The first-order valence-electron chi connectivity index (χ1n) is 5.07. The molecule has 1 aromatic heterocycles. The van der Waals surface area contributed by atoms with Gasteiger partial charge in [-0.05, 0) is 6.42 Å². The lowest BCUT2D eigenvalue weighted by Gasteiger charge is -2.48. The summed E-state index contributed by atoms with van der Waals surface area (Å²) < 4.78 is 5.04. The monoisotopic (exact) mass is 208 g/mol. The molecule has 0 aliphatic carbocycles. The van der Waals surface area contributed by atoms with Crippen LogP contribution in [0.4, 0.5) is 5.82 Å². The van der Waals surface area contributed by atoms with Crippen molar-refractivity contribution in [2.45, 2.75) is 18.9 Å². The van der Waals surface area contributed by atoms with E-state index in [4.69, 9.17) is 10.5 Å². The van der Waals surface area contributed by atoms with Crippen LogP contribution in [0.2, 0.25) is 0 Å². The smallest absolute Gasteiger partial charge is 0.218 e. The molecule has 5 heteroatoms. The molecule has 1 aromatic rings. The molecule has 5 nitrogen and oxygen atoms in total. The van der Waals surface area contributed by atoms with Crippen molar-refractivity contribution in [3.05, 3.63) is 12.4 Å². The second kappa shape index (κ2) is 3.66. The Labute approximate surface area is 89.3 Å². The SMILES string of the molecule is CCC1(N)CN(c2cc(OC)ncn2)C1. The van der Waals surface area contributed by atoms with Gasteiger partial charge in [-0.25, -0.2) is 9.97 Å². The number of methoxy groups -OCH3 is 1. The first-order valence-corrected chi connectivity index (χ1v) is 5.07. The van der Waals surface area contributed by atoms with Gasteiger partial charge in [0.2, 0.25) is 5.88 Å². The maximum atomic E-state index is 6.08. The molecule has 0 aromatic carbocycles. The van der Waals surface area contributed by atoms with Crippen molar-refractivity contribution in [3.8, 4) is 5.88 Å². The van der Waals surface area contributed by atoms with E-state index in [1.807, 2.05) is 6.07 Å². The Balaban J connectivity index is 2.06. The highest BCUT2D eigenvalue weighted by Crippen LogP contribution is 2.27. The van der Waals surface area contributed by atoms with Gasteiger partial charge in [0.15, 0.2) is 0 Å². The molecular weight excluding hydrogens is 192 g/mol. The Kier molecular flexibility index (Phi) is 2.48. The van der Waals surface area contributed by atoms with Gasteiger partial charge >= 0.3 is 0 Å². The lowest BCUT2D eigenvalue weighted by Crippen LogP contribution is -2.67. The van der Waals surface area contributed by atoms with Crippen LogP contribution in [-0.2, 0) is 0 Å². The third-order valence-electron chi connectivity index (χ3n) is 2.88. The third kappa shape index (κ3) is 1.87. The zero-order valence-electron chi connectivity index (χ0n) is 9.10. The van der Waals surface area contributed by atoms with E-state index < -0.39 is 0 Å². The van der Waals surface area contributed by atoms with E-state index in [1.54, 1.807) is 7.11 Å². The number of anilines is 1. The van der Waals surface area contributed by atoms with Crippen molar-refractivity contribution < 1.29 is 4.74 Å². The largest absolute Gasteiger partial charge is 0.481 e. The van der Waals surface area contributed by atoms with Crippen LogP contribution >= 0.6 is 0 Å². The second-order valence-electron chi connectivity index (χ2n) is 3.99. The van der Waals surface area contributed by atoms with E-state index in [2.05, 4.69) is 21.8 Å². The molecule has 0 bridgehead atoms. The average molecular weight is 208 g/mol. The van der Waals surface area contributed by atoms with Gasteiger partial charge in [-0.2, -0.15) is 0 Å². The third-order valence-corrected chi connectivity index (χ3v) is 2.88. The number of hydrogen-bond donors (Lipinski definition) is 1. The van der Waals surface area contributed by atoms with Crippen LogP contribution in [0, 0.1) is 0 Å². The topological polar surface area (TPSA) is 64.3 Å². The molecule has 1 aliphatic heterocycles. The fraction of sp³-hybridized carbons (Fsp3) is 0.600. The fourth-order valence-electron chi connectivity index (χ4n) is 1.71. The Bertz CT molecular complexity index is 349. The van der Waals surface area contributed by atoms with Crippen LogP contribution in [0.3, 0.4) is 0 Å². The molecule has 0 radical (unpaired) electrons. The van der Waals surface area contributed by atoms with Crippen LogP contribution < -0.4 is 15.4 Å². The van der Waals surface area contributed by atoms with Crippen molar-refractivity contribution >= 4 is 5.82 Å². The van der Waals surface area contributed by atoms with E-state index >= 15 is 0 Å². The zero-order valence-corrected chi connectivity index (χ0v) is 9.10. The quantitative estimate of drug-likeness (QED) is 0.779. The first kappa shape index (κ1) is 10.2. The summed E-state index contributed by atoms with van der Waals surface area (Å²) in [6.07, 6.45) is 2.50. The Morgan fingerprint density at radius 1 is 1.53 bits per heavy atom. The van der Waals surface area contributed by atoms with Crippen molar-refractivity contribution in [1.82, 2.24) is 9.97 Å². The van der Waals surface area contributed by atoms with Crippen LogP contribution in [-0.4, -0.2) is 35.7 Å². The van der Waals surface area contributed by atoms with Gasteiger partial charge in [-0.15, -0.1) is 0 Å². The molecule has 0 saturated carbocycles. The highest BCUT2D eigenvalue weighted by Gasteiger charge is 2.38. The molecule has 82 valence electrons. The van der Waals surface area contributed by atoms with E-state index in [9.17, 15) is 0 Å². The molecule has 2 heterocycles. The van der Waals surface area contributed by atoms with E-state index in [0.29, 0.717) is 5.88 Å². The Morgan fingerprint density at radius 2 is 2.27 bits per heavy atom. The van der Waals surface area contributed by atoms with Gasteiger partial charge in [0.05, 0.1) is 12.6 Å². The van der Waals surface area contributed by atoms with Gasteiger partial charge in [-0.1, -0.05) is 6.92 Å². The Hall–Kier alpha value is -1.36. The standard InChI is InChI=1S/C10H16N4O/c1-3-10(11)5-14(6-10)8-4-9(15-2)13-7-12-8/h4,7H,3,5-6,11H2,1-2H3. The fourth-order valence-corrected chi connectivity index (χ4v) is 1.71. The summed E-state index contributed by atoms with van der Waals surface area (Å²) in [5, 5.41) is 0. The number of rotatable bonds is 3. The highest BCUT2D eigenvalue weighted by molar-refractivity contribution is 5.46. The maximum absolute atomic E-state index is 6.08. The van der Waals surface area contributed by atoms with Crippen molar-refractivity contribution in [3.63, 3.8) is 0 Å². The molecule has 15 heavy (non-hydrogen) atoms. The summed E-state index contributed by atoms with van der Waals surface area (Å²) in [5.41, 5.74) is 6.04. The number of nitrogens with two attached hydrogens (primary N) is 1. The summed E-state index contributed by atoms with van der Waals surface area (Å²) in [5.74, 6) is 1.47. The van der Waals surface area contributed by atoms with Gasteiger partial charge in [0.25, 0.3) is 0 Å². The van der Waals surface area contributed by atoms with E-state index in [1.165, 1.54) is 6.33 Å². The normalized spacial score (nSPS) is 18.5. The molecular formula is C10H16N4O. The van der Waals surface area contributed by atoms with Crippen LogP contribution in [0.25, 0.3) is 0 Å². The summed E-state index contributed by atoms with van der Waals surface area (Å²) in [4.78, 5) is 10.3. The van der Waals surface area contributed by atoms with Crippen molar-refractivity contribution in [1.29, 1.82) is 0 Å². The van der Waals surface area contributed by atoms with E-state index in [-0.39, 0.29) is 5.54 Å². The zero-order chi connectivity index (χ0) is 10.9. The molecule has 2 N–H and O–H groups in total. The number of nitrogens with zero attached hydrogens (tertiary/aromatic N) is 3. The van der Waals surface area contributed by atoms with Crippen LogP contribution in [0.5, 0.6) is 5.88 Å². The van der Waals surface area contributed by atoms with Crippen molar-refractivity contribution in [2.24, 2.45) is 5.73 Å².